The van der Waals surface area contributed by atoms with Crippen molar-refractivity contribution in [2.75, 3.05) is 0 Å². The Kier molecular flexibility index (Phi) is 3.82. The molecule has 3 aliphatic rings. The van der Waals surface area contributed by atoms with E-state index in [1.54, 1.807) is 38.2 Å². The summed E-state index contributed by atoms with van der Waals surface area (Å²) in [5.74, 6) is 0.392. The normalized spacial score (nSPS) is 19.8. The van der Waals surface area contributed by atoms with Gasteiger partial charge in [0.1, 0.15) is 8.07 Å². The van der Waals surface area contributed by atoms with Gasteiger partial charge in [0, 0.05) is 5.92 Å². The number of allylic oxidation sites excluding steroid dienone is 2. The topological polar surface area (TPSA) is 0 Å². The predicted molar refractivity (Wildman–Crippen MR) is 137 cm³/mol. The zero-order valence-corrected chi connectivity index (χ0v) is 20.5. The molecule has 2 aliphatic carbocycles. The molecule has 0 saturated carbocycles. The van der Waals surface area contributed by atoms with Crippen molar-refractivity contribution in [2.24, 2.45) is 0 Å². The average molecular weight is 419 g/mol. The Morgan fingerprint density at radius 3 is 2.32 bits per heavy atom. The minimum atomic E-state index is -1.77. The molecular formula is C30H30Si. The van der Waals surface area contributed by atoms with Crippen molar-refractivity contribution in [2.45, 2.75) is 53.1 Å². The Balaban J connectivity index is 1.70. The van der Waals surface area contributed by atoms with Crippen LogP contribution in [-0.4, -0.2) is 8.07 Å². The summed E-state index contributed by atoms with van der Waals surface area (Å²) in [6.07, 6.45) is 3.58. The largest absolute Gasteiger partial charge is 0.114 e. The summed E-state index contributed by atoms with van der Waals surface area (Å²) in [4.78, 5) is 0. The average Bonchev–Trinajstić information content (AvgIpc) is 3.29. The maximum Gasteiger partial charge on any atom is 0.114 e. The third-order valence-corrected chi connectivity index (χ3v) is 11.6. The molecule has 1 heterocycles. The van der Waals surface area contributed by atoms with Crippen molar-refractivity contribution in [3.63, 3.8) is 0 Å². The van der Waals surface area contributed by atoms with Gasteiger partial charge in [-0.15, -0.1) is 0 Å². The summed E-state index contributed by atoms with van der Waals surface area (Å²) in [7, 11) is -1.77. The monoisotopic (exact) mass is 418 g/mol. The van der Waals surface area contributed by atoms with Gasteiger partial charge in [-0.3, -0.25) is 0 Å². The second kappa shape index (κ2) is 6.20. The molecule has 0 spiro atoms. The van der Waals surface area contributed by atoms with Crippen LogP contribution in [0.25, 0.3) is 22.4 Å². The third kappa shape index (κ3) is 2.41. The first-order valence-corrected chi connectivity index (χ1v) is 14.5. The van der Waals surface area contributed by atoms with Crippen LogP contribution < -0.4 is 5.19 Å². The molecular weight excluding hydrogens is 388 g/mol. The Labute approximate surface area is 187 Å². The Hall–Kier alpha value is -2.64. The number of fused-ring (bicyclic) bond motifs is 2. The highest BCUT2D eigenvalue weighted by molar-refractivity contribution is 7.07. The molecule has 0 amide bonds. The van der Waals surface area contributed by atoms with E-state index in [0.29, 0.717) is 5.92 Å². The van der Waals surface area contributed by atoms with Crippen LogP contribution in [0.15, 0.2) is 59.7 Å². The van der Waals surface area contributed by atoms with Gasteiger partial charge in [0.15, 0.2) is 0 Å². The van der Waals surface area contributed by atoms with Crippen LogP contribution in [0.2, 0.25) is 13.1 Å². The Morgan fingerprint density at radius 1 is 0.839 bits per heavy atom. The standard InChI is InChI=1S/C30H30Si/c1-17-12-18(2)23-15-19(3)26(24(23)13-17)25-16-22-14-20(4)29-28(22)27(30(25)31(29,5)6)21-10-8-7-9-11-21/h7-13,15-16,26H,14H2,1-6H3. The zero-order valence-electron chi connectivity index (χ0n) is 19.5. The number of hydrogen-bond acceptors (Lipinski definition) is 0. The fraction of sp³-hybridized carbons (Fsp3) is 0.267. The van der Waals surface area contributed by atoms with Crippen molar-refractivity contribution in [1.82, 2.24) is 0 Å². The summed E-state index contributed by atoms with van der Waals surface area (Å²) in [5, 5.41) is 3.42. The van der Waals surface area contributed by atoms with Crippen LogP contribution >= 0.6 is 0 Å². The van der Waals surface area contributed by atoms with Gasteiger partial charge in [-0.25, -0.2) is 0 Å². The maximum absolute atomic E-state index is 2.60. The lowest BCUT2D eigenvalue weighted by Crippen LogP contribution is -2.42. The van der Waals surface area contributed by atoms with Crippen molar-refractivity contribution < 1.29 is 0 Å². The van der Waals surface area contributed by atoms with E-state index in [0.717, 1.165) is 6.42 Å². The Bertz CT molecular complexity index is 1350. The van der Waals surface area contributed by atoms with E-state index in [1.165, 1.54) is 33.4 Å². The van der Waals surface area contributed by atoms with Crippen LogP contribution in [-0.2, 0) is 6.42 Å². The number of hydrogen-bond donors (Lipinski definition) is 0. The van der Waals surface area contributed by atoms with Crippen LogP contribution in [0.5, 0.6) is 0 Å². The van der Waals surface area contributed by atoms with Crippen LogP contribution in [0.4, 0.5) is 0 Å². The zero-order chi connectivity index (χ0) is 21.7. The lowest BCUT2D eigenvalue weighted by atomic mass is 9.83. The maximum atomic E-state index is 2.60. The molecule has 3 aromatic rings. The lowest BCUT2D eigenvalue weighted by Gasteiger charge is -2.28. The van der Waals surface area contributed by atoms with Crippen molar-refractivity contribution in [3.05, 3.63) is 98.6 Å². The van der Waals surface area contributed by atoms with E-state index in [9.17, 15) is 0 Å². The summed E-state index contributed by atoms with van der Waals surface area (Å²) in [6.45, 7) is 14.4. The van der Waals surface area contributed by atoms with E-state index in [-0.39, 0.29) is 0 Å². The van der Waals surface area contributed by atoms with Crippen LogP contribution in [0.1, 0.15) is 58.7 Å². The van der Waals surface area contributed by atoms with Gasteiger partial charge in [-0.05, 0) is 89.0 Å². The molecule has 0 saturated heterocycles. The first-order chi connectivity index (χ1) is 14.8. The van der Waals surface area contributed by atoms with E-state index in [2.05, 4.69) is 95.4 Å². The molecule has 0 N–H and O–H groups in total. The van der Waals surface area contributed by atoms with Crippen LogP contribution in [0.3, 0.4) is 0 Å². The molecule has 0 radical (unpaired) electrons. The summed E-state index contributed by atoms with van der Waals surface area (Å²) < 4.78 is 0. The van der Waals surface area contributed by atoms with Gasteiger partial charge in [0.2, 0.25) is 0 Å². The lowest BCUT2D eigenvalue weighted by molar-refractivity contribution is 0.973. The summed E-state index contributed by atoms with van der Waals surface area (Å²) in [5.41, 5.74) is 16.6. The minimum absolute atomic E-state index is 0.392. The smallest absolute Gasteiger partial charge is 0.0686 e. The van der Waals surface area contributed by atoms with Gasteiger partial charge in [0.25, 0.3) is 0 Å². The molecule has 2 bridgehead atoms. The van der Waals surface area contributed by atoms with Gasteiger partial charge < -0.3 is 0 Å². The van der Waals surface area contributed by atoms with Crippen molar-refractivity contribution in [3.8, 4) is 11.1 Å². The van der Waals surface area contributed by atoms with Gasteiger partial charge >= 0.3 is 0 Å². The second-order valence-electron chi connectivity index (χ2n) is 10.5. The fourth-order valence-electron chi connectivity index (χ4n) is 6.96. The molecule has 0 fully saturated rings. The predicted octanol–water partition coefficient (Wildman–Crippen LogP) is 7.32. The highest BCUT2D eigenvalue weighted by Crippen LogP contribution is 2.53. The van der Waals surface area contributed by atoms with Crippen LogP contribution in [0, 0.1) is 13.8 Å². The first kappa shape index (κ1) is 19.1. The number of benzene rings is 3. The SMILES string of the molecule is CC1=Cc2c(C)cc(C)cc2C1c1cc2c3c(-c4ccccc4)c1[Si](C)(C)C3=C(C)C2. The molecule has 154 valence electrons. The van der Waals surface area contributed by atoms with Gasteiger partial charge in [-0.1, -0.05) is 84.4 Å². The quantitative estimate of drug-likeness (QED) is 0.383. The molecule has 1 aliphatic heterocycles. The fourth-order valence-corrected chi connectivity index (χ4v) is 11.1. The summed E-state index contributed by atoms with van der Waals surface area (Å²) >= 11 is 0. The van der Waals surface area contributed by atoms with E-state index in [1.807, 2.05) is 0 Å². The third-order valence-electron chi connectivity index (χ3n) is 7.90. The van der Waals surface area contributed by atoms with Gasteiger partial charge in [0.05, 0.1) is 0 Å². The summed E-state index contributed by atoms with van der Waals surface area (Å²) in [6, 6.07) is 18.6. The van der Waals surface area contributed by atoms with Gasteiger partial charge in [-0.2, -0.15) is 0 Å². The molecule has 0 nitrogen and oxygen atoms in total. The second-order valence-corrected chi connectivity index (χ2v) is 14.7. The van der Waals surface area contributed by atoms with E-state index >= 15 is 0 Å². The minimum Gasteiger partial charge on any atom is -0.0686 e. The molecule has 1 heteroatoms. The van der Waals surface area contributed by atoms with E-state index < -0.39 is 8.07 Å². The molecule has 3 aromatic carbocycles. The van der Waals surface area contributed by atoms with Crippen molar-refractivity contribution in [1.29, 1.82) is 0 Å². The molecule has 0 aromatic heterocycles. The number of rotatable bonds is 2. The molecule has 1 atom stereocenters. The number of aryl methyl sites for hydroxylation is 2. The van der Waals surface area contributed by atoms with E-state index in [4.69, 9.17) is 0 Å². The molecule has 6 rings (SSSR count). The highest BCUT2D eigenvalue weighted by atomic mass is 28.3. The molecule has 31 heavy (non-hydrogen) atoms. The molecule has 1 unspecified atom stereocenters. The first-order valence-electron chi connectivity index (χ1n) is 11.5. The highest BCUT2D eigenvalue weighted by Gasteiger charge is 2.48. The Morgan fingerprint density at radius 2 is 1.58 bits per heavy atom. The van der Waals surface area contributed by atoms with Crippen molar-refractivity contribution >= 4 is 24.5 Å².